The summed E-state index contributed by atoms with van der Waals surface area (Å²) in [5, 5.41) is 5.85. The van der Waals surface area contributed by atoms with Crippen molar-refractivity contribution < 1.29 is 4.57 Å². The Labute approximate surface area is 375 Å². The molecule has 4 saturated carbocycles. The van der Waals surface area contributed by atoms with Crippen molar-refractivity contribution in [3.05, 3.63) is 193 Å². The SMILES string of the molecule is CP(C)(=O)c1ccc(-c2c3ccccc3c(-c3ccc(C4(c5ccc(-c6nc(-c7ccccc7)nc(-c7ccccc7)n6)cc5)C5CC6CC(C5)CC4C6)cc3)c3ccccc23)cc1. The maximum Gasteiger partial charge on any atom is 0.164 e. The summed E-state index contributed by atoms with van der Waals surface area (Å²) < 4.78 is 13.0. The number of aromatic nitrogens is 3. The Bertz CT molecular complexity index is 3110. The molecule has 4 aliphatic carbocycles. The van der Waals surface area contributed by atoms with Crippen molar-refractivity contribution in [1.29, 1.82) is 0 Å². The van der Waals surface area contributed by atoms with E-state index in [0.29, 0.717) is 29.3 Å². The molecule has 1 heterocycles. The molecule has 4 nitrogen and oxygen atoms in total. The Kier molecular flexibility index (Phi) is 9.39. The average Bonchev–Trinajstić information content (AvgIpc) is 3.33. The number of fused-ring (bicyclic) bond motifs is 2. The van der Waals surface area contributed by atoms with Gasteiger partial charge in [-0.05, 0) is 124 Å². The second-order valence-electron chi connectivity index (χ2n) is 19.1. The lowest BCUT2D eigenvalue weighted by molar-refractivity contribution is -0.0418. The Morgan fingerprint density at radius 1 is 0.391 bits per heavy atom. The molecule has 0 saturated heterocycles. The van der Waals surface area contributed by atoms with Gasteiger partial charge in [0.2, 0.25) is 0 Å². The molecule has 1 aromatic heterocycles. The van der Waals surface area contributed by atoms with Gasteiger partial charge in [0, 0.05) is 27.4 Å². The second-order valence-corrected chi connectivity index (χ2v) is 22.3. The summed E-state index contributed by atoms with van der Waals surface area (Å²) in [4.78, 5) is 15.1. The summed E-state index contributed by atoms with van der Waals surface area (Å²) in [6.45, 7) is 3.69. The van der Waals surface area contributed by atoms with E-state index in [1.165, 1.54) is 81.5 Å². The topological polar surface area (TPSA) is 55.7 Å². The molecule has 0 radical (unpaired) electrons. The minimum atomic E-state index is -2.37. The number of benzene rings is 8. The maximum absolute atomic E-state index is 13.0. The largest absolute Gasteiger partial charge is 0.319 e. The van der Waals surface area contributed by atoms with Crippen LogP contribution in [-0.2, 0) is 9.98 Å². The van der Waals surface area contributed by atoms with Crippen LogP contribution in [0.15, 0.2) is 182 Å². The first-order valence-electron chi connectivity index (χ1n) is 23.0. The number of hydrogen-bond acceptors (Lipinski definition) is 4. The van der Waals surface area contributed by atoms with Gasteiger partial charge in [-0.1, -0.05) is 182 Å². The highest BCUT2D eigenvalue weighted by Crippen LogP contribution is 2.65. The van der Waals surface area contributed by atoms with Crippen LogP contribution in [0.5, 0.6) is 0 Å². The summed E-state index contributed by atoms with van der Waals surface area (Å²) in [6.07, 6.45) is 6.62. The van der Waals surface area contributed by atoms with Crippen molar-refractivity contribution in [2.75, 3.05) is 13.3 Å². The van der Waals surface area contributed by atoms with Gasteiger partial charge >= 0.3 is 0 Å². The van der Waals surface area contributed by atoms with Crippen molar-refractivity contribution >= 4 is 34.0 Å². The molecule has 4 fully saturated rings. The third-order valence-electron chi connectivity index (χ3n) is 15.1. The van der Waals surface area contributed by atoms with Crippen molar-refractivity contribution in [1.82, 2.24) is 15.0 Å². The molecule has 0 unspecified atom stereocenters. The molecule has 9 aromatic rings. The van der Waals surface area contributed by atoms with Crippen LogP contribution >= 0.6 is 7.14 Å². The lowest BCUT2D eigenvalue weighted by Crippen LogP contribution is -2.56. The van der Waals surface area contributed by atoms with E-state index < -0.39 is 7.14 Å². The first-order valence-corrected chi connectivity index (χ1v) is 25.6. The fraction of sp³-hybridized carbons (Fsp3) is 0.203. The van der Waals surface area contributed by atoms with E-state index in [2.05, 4.69) is 146 Å². The zero-order valence-electron chi connectivity index (χ0n) is 36.4. The van der Waals surface area contributed by atoms with Crippen LogP contribution in [0.25, 0.3) is 78.0 Å². The number of hydrogen-bond donors (Lipinski definition) is 0. The molecule has 8 aromatic carbocycles. The predicted molar refractivity (Wildman–Crippen MR) is 265 cm³/mol. The molecule has 4 bridgehead atoms. The van der Waals surface area contributed by atoms with E-state index in [0.717, 1.165) is 39.4 Å². The highest BCUT2D eigenvalue weighted by Gasteiger charge is 2.58. The van der Waals surface area contributed by atoms with Gasteiger partial charge in [-0.25, -0.2) is 15.0 Å². The number of rotatable bonds is 8. The minimum absolute atomic E-state index is 0.0604. The van der Waals surface area contributed by atoms with E-state index in [9.17, 15) is 4.57 Å². The highest BCUT2D eigenvalue weighted by atomic mass is 31.2. The summed E-state index contributed by atoms with van der Waals surface area (Å²) in [5.41, 5.74) is 10.6. The zero-order chi connectivity index (χ0) is 43.0. The monoisotopic (exact) mass is 847 g/mol. The van der Waals surface area contributed by atoms with Gasteiger partial charge in [-0.15, -0.1) is 0 Å². The van der Waals surface area contributed by atoms with E-state index in [-0.39, 0.29) is 5.41 Å². The van der Waals surface area contributed by atoms with Crippen LogP contribution in [0.4, 0.5) is 0 Å². The van der Waals surface area contributed by atoms with Crippen LogP contribution in [0.3, 0.4) is 0 Å². The minimum Gasteiger partial charge on any atom is -0.319 e. The van der Waals surface area contributed by atoms with Gasteiger partial charge in [0.15, 0.2) is 17.5 Å². The van der Waals surface area contributed by atoms with E-state index in [4.69, 9.17) is 15.0 Å². The molecule has 0 N–H and O–H groups in total. The molecule has 5 heteroatoms. The zero-order valence-corrected chi connectivity index (χ0v) is 37.3. The first-order chi connectivity index (χ1) is 31.3. The molecule has 0 aliphatic heterocycles. The summed E-state index contributed by atoms with van der Waals surface area (Å²) in [6, 6.07) is 65.8. The molecule has 64 heavy (non-hydrogen) atoms. The Hall–Kier alpha value is -6.48. The van der Waals surface area contributed by atoms with Gasteiger partial charge in [0.25, 0.3) is 0 Å². The van der Waals surface area contributed by atoms with Gasteiger partial charge in [0.1, 0.15) is 7.14 Å². The quantitative estimate of drug-likeness (QED) is 0.113. The molecular formula is C59H50N3OP. The molecule has 0 amide bonds. The van der Waals surface area contributed by atoms with E-state index in [1.807, 2.05) is 49.7 Å². The van der Waals surface area contributed by atoms with Crippen LogP contribution < -0.4 is 5.30 Å². The van der Waals surface area contributed by atoms with Crippen LogP contribution in [0.2, 0.25) is 0 Å². The molecule has 13 rings (SSSR count). The highest BCUT2D eigenvalue weighted by molar-refractivity contribution is 7.70. The van der Waals surface area contributed by atoms with Gasteiger partial charge < -0.3 is 4.57 Å². The van der Waals surface area contributed by atoms with Crippen LogP contribution in [-0.4, -0.2) is 28.3 Å². The van der Waals surface area contributed by atoms with Crippen LogP contribution in [0, 0.1) is 23.7 Å². The molecule has 0 spiro atoms. The van der Waals surface area contributed by atoms with E-state index >= 15 is 0 Å². The van der Waals surface area contributed by atoms with Gasteiger partial charge in [-0.3, -0.25) is 0 Å². The second kappa shape index (κ2) is 15.4. The van der Waals surface area contributed by atoms with Crippen LogP contribution in [0.1, 0.15) is 43.2 Å². The Balaban J connectivity index is 0.969. The smallest absolute Gasteiger partial charge is 0.164 e. The predicted octanol–water partition coefficient (Wildman–Crippen LogP) is 14.5. The average molecular weight is 848 g/mol. The standard InChI is InChI=1S/C59H50N3OP/c1-64(2,63)49-31-25-41(26-32-49)55-52-19-11-9-17-50(52)54(51-18-10-12-20-53(51)55)40-21-27-45(28-22-40)59(47-34-38-33-39(36-47)37-48(59)35-38)46-29-23-44(24-30-46)58-61-56(42-13-5-3-6-14-42)60-57(62-58)43-15-7-4-8-16-43/h3-32,38-39,47-48H,33-37H2,1-2H3. The van der Waals surface area contributed by atoms with Crippen molar-refractivity contribution in [2.24, 2.45) is 23.7 Å². The first kappa shape index (κ1) is 39.1. The molecule has 0 atom stereocenters. The molecular weight excluding hydrogens is 798 g/mol. The molecule has 4 aliphatic rings. The van der Waals surface area contributed by atoms with Crippen molar-refractivity contribution in [3.8, 4) is 56.4 Å². The van der Waals surface area contributed by atoms with Crippen molar-refractivity contribution in [2.45, 2.75) is 37.5 Å². The fourth-order valence-corrected chi connectivity index (χ4v) is 13.4. The molecule has 312 valence electrons. The van der Waals surface area contributed by atoms with Gasteiger partial charge in [0.05, 0.1) is 0 Å². The summed E-state index contributed by atoms with van der Waals surface area (Å²) >= 11 is 0. The third-order valence-corrected chi connectivity index (χ3v) is 16.6. The maximum atomic E-state index is 13.0. The van der Waals surface area contributed by atoms with E-state index in [1.54, 1.807) is 0 Å². The third kappa shape index (κ3) is 6.49. The number of nitrogens with zero attached hydrogens (tertiary/aromatic N) is 3. The lowest BCUT2D eigenvalue weighted by Gasteiger charge is -2.62. The lowest BCUT2D eigenvalue weighted by atomic mass is 9.42. The fourth-order valence-electron chi connectivity index (χ4n) is 12.5. The normalized spacial score (nSPS) is 21.4. The van der Waals surface area contributed by atoms with Gasteiger partial charge in [-0.2, -0.15) is 0 Å². The Morgan fingerprint density at radius 2 is 0.719 bits per heavy atom. The Morgan fingerprint density at radius 3 is 1.09 bits per heavy atom. The van der Waals surface area contributed by atoms with Crippen molar-refractivity contribution in [3.63, 3.8) is 0 Å². The summed E-state index contributed by atoms with van der Waals surface area (Å²) in [5.74, 6) is 4.95. The summed E-state index contributed by atoms with van der Waals surface area (Å²) in [7, 11) is -2.37.